The maximum Gasteiger partial charge on any atom is 0.231 e. The van der Waals surface area contributed by atoms with E-state index in [1.54, 1.807) is 0 Å². The second-order valence-corrected chi connectivity index (χ2v) is 6.06. The van der Waals surface area contributed by atoms with Gasteiger partial charge in [-0.05, 0) is 31.5 Å². The number of β-amino-alcohol motifs (C(OH)–C–C–N with tert-alkyl or cyclic N) is 1. The zero-order valence-electron chi connectivity index (χ0n) is 12.8. The van der Waals surface area contributed by atoms with Crippen LogP contribution in [-0.4, -0.2) is 60.5 Å². The van der Waals surface area contributed by atoms with Crippen LogP contribution in [0.1, 0.15) is 25.5 Å². The molecule has 21 heavy (non-hydrogen) atoms. The molecule has 1 saturated heterocycles. The Hall–Kier alpha value is -1.30. The minimum Gasteiger partial charge on any atom is -0.454 e. The molecule has 0 aromatic heterocycles. The smallest absolute Gasteiger partial charge is 0.231 e. The molecule has 0 aliphatic carbocycles. The number of hydrogen-bond donors (Lipinski definition) is 1. The van der Waals surface area contributed by atoms with Gasteiger partial charge in [0.05, 0.1) is 6.10 Å². The molecule has 116 valence electrons. The fraction of sp³-hybridized carbons (Fsp3) is 0.625. The van der Waals surface area contributed by atoms with E-state index in [-0.39, 0.29) is 6.79 Å². The molecule has 0 radical (unpaired) electrons. The van der Waals surface area contributed by atoms with Crippen molar-refractivity contribution in [3.8, 4) is 11.5 Å². The molecule has 5 nitrogen and oxygen atoms in total. The van der Waals surface area contributed by atoms with Crippen molar-refractivity contribution in [1.29, 1.82) is 0 Å². The third-order valence-electron chi connectivity index (χ3n) is 4.35. The van der Waals surface area contributed by atoms with Gasteiger partial charge in [-0.1, -0.05) is 6.07 Å². The third-order valence-corrected chi connectivity index (χ3v) is 4.35. The zero-order chi connectivity index (χ0) is 14.8. The topological polar surface area (TPSA) is 45.2 Å². The van der Waals surface area contributed by atoms with Crippen LogP contribution in [0, 0.1) is 0 Å². The normalized spacial score (nSPS) is 21.0. The maximum atomic E-state index is 10.4. The van der Waals surface area contributed by atoms with Crippen LogP contribution in [0.2, 0.25) is 0 Å². The minimum atomic E-state index is -0.481. The van der Waals surface area contributed by atoms with Crippen molar-refractivity contribution in [2.24, 2.45) is 0 Å². The van der Waals surface area contributed by atoms with E-state index in [1.807, 2.05) is 18.2 Å². The summed E-state index contributed by atoms with van der Waals surface area (Å²) in [4.78, 5) is 4.80. The molecule has 5 heteroatoms. The van der Waals surface area contributed by atoms with E-state index in [0.717, 1.165) is 43.2 Å². The summed E-state index contributed by atoms with van der Waals surface area (Å²) in [5, 5.41) is 10.4. The summed E-state index contributed by atoms with van der Waals surface area (Å²) in [5.41, 5.74) is 0.894. The number of aliphatic hydroxyl groups excluding tert-OH is 1. The summed E-state index contributed by atoms with van der Waals surface area (Å²) < 4.78 is 10.7. The second-order valence-electron chi connectivity index (χ2n) is 6.06. The molecule has 1 atom stereocenters. The summed E-state index contributed by atoms with van der Waals surface area (Å²) in [6, 6.07) is 6.28. The lowest BCUT2D eigenvalue weighted by molar-refractivity contribution is 0.0620. The molecule has 0 bridgehead atoms. The van der Waals surface area contributed by atoms with Crippen molar-refractivity contribution in [2.45, 2.75) is 26.0 Å². The lowest BCUT2D eigenvalue weighted by Crippen LogP contribution is -2.49. The summed E-state index contributed by atoms with van der Waals surface area (Å²) in [6.07, 6.45) is -0.481. The molecule has 1 N–H and O–H groups in total. The van der Waals surface area contributed by atoms with Crippen molar-refractivity contribution >= 4 is 0 Å². The Morgan fingerprint density at radius 3 is 2.52 bits per heavy atom. The zero-order valence-corrected chi connectivity index (χ0v) is 12.8. The average Bonchev–Trinajstić information content (AvgIpc) is 2.95. The van der Waals surface area contributed by atoms with Crippen molar-refractivity contribution in [3.05, 3.63) is 23.8 Å². The Bertz CT molecular complexity index is 484. The lowest BCUT2D eigenvalue weighted by Gasteiger charge is -2.37. The molecular weight excluding hydrogens is 268 g/mol. The van der Waals surface area contributed by atoms with Gasteiger partial charge in [-0.3, -0.25) is 9.80 Å². The maximum absolute atomic E-state index is 10.4. The van der Waals surface area contributed by atoms with Gasteiger partial charge in [-0.25, -0.2) is 0 Å². The first-order valence-corrected chi connectivity index (χ1v) is 7.67. The van der Waals surface area contributed by atoms with Gasteiger partial charge in [0.15, 0.2) is 11.5 Å². The highest BCUT2D eigenvalue weighted by Crippen LogP contribution is 2.34. The predicted molar refractivity (Wildman–Crippen MR) is 80.7 cm³/mol. The summed E-state index contributed by atoms with van der Waals surface area (Å²) in [7, 11) is 0. The van der Waals surface area contributed by atoms with Crippen LogP contribution < -0.4 is 9.47 Å². The van der Waals surface area contributed by atoms with Gasteiger partial charge in [0, 0.05) is 38.8 Å². The van der Waals surface area contributed by atoms with Crippen LogP contribution in [0.3, 0.4) is 0 Å². The number of rotatable bonds is 4. The van der Waals surface area contributed by atoms with Crippen LogP contribution >= 0.6 is 0 Å². The van der Waals surface area contributed by atoms with Gasteiger partial charge >= 0.3 is 0 Å². The SMILES string of the molecule is CC(C)N1CCN(CC(O)c2ccc3c(c2)OCO3)CC1. The number of ether oxygens (including phenoxy) is 2. The molecule has 1 unspecified atom stereocenters. The number of benzene rings is 1. The lowest BCUT2D eigenvalue weighted by atomic mass is 10.1. The fourth-order valence-electron chi connectivity index (χ4n) is 2.93. The molecule has 1 fully saturated rings. The van der Waals surface area contributed by atoms with Crippen molar-refractivity contribution in [3.63, 3.8) is 0 Å². The molecule has 0 amide bonds. The van der Waals surface area contributed by atoms with Gasteiger partial charge in [-0.2, -0.15) is 0 Å². The van der Waals surface area contributed by atoms with Crippen LogP contribution in [0.15, 0.2) is 18.2 Å². The summed E-state index contributed by atoms with van der Waals surface area (Å²) in [6.45, 7) is 9.59. The molecule has 0 spiro atoms. The Kier molecular flexibility index (Phi) is 4.33. The van der Waals surface area contributed by atoms with Crippen molar-refractivity contribution < 1.29 is 14.6 Å². The molecule has 1 aromatic carbocycles. The van der Waals surface area contributed by atoms with E-state index >= 15 is 0 Å². The Labute approximate surface area is 126 Å². The molecule has 2 aliphatic heterocycles. The number of aliphatic hydroxyl groups is 1. The average molecular weight is 292 g/mol. The first kappa shape index (κ1) is 14.6. The first-order chi connectivity index (χ1) is 10.1. The van der Waals surface area contributed by atoms with Gasteiger partial charge in [0.25, 0.3) is 0 Å². The number of hydrogen-bond acceptors (Lipinski definition) is 5. The molecule has 1 aromatic rings. The third kappa shape index (κ3) is 3.31. The minimum absolute atomic E-state index is 0.270. The first-order valence-electron chi connectivity index (χ1n) is 7.67. The molecule has 3 rings (SSSR count). The van der Waals surface area contributed by atoms with E-state index in [2.05, 4.69) is 23.6 Å². The van der Waals surface area contributed by atoms with Crippen LogP contribution in [0.5, 0.6) is 11.5 Å². The number of nitrogens with zero attached hydrogens (tertiary/aromatic N) is 2. The monoisotopic (exact) mass is 292 g/mol. The molecule has 2 heterocycles. The molecular formula is C16H24N2O3. The molecule has 2 aliphatic rings. The van der Waals surface area contributed by atoms with E-state index in [1.165, 1.54) is 0 Å². The highest BCUT2D eigenvalue weighted by Gasteiger charge is 2.22. The standard InChI is InChI=1S/C16H24N2O3/c1-12(2)18-7-5-17(6-8-18)10-14(19)13-3-4-15-16(9-13)21-11-20-15/h3-4,9,12,14,19H,5-8,10-11H2,1-2H3. The van der Waals surface area contributed by atoms with Gasteiger partial charge in [0.1, 0.15) is 0 Å². The van der Waals surface area contributed by atoms with E-state index in [0.29, 0.717) is 12.6 Å². The number of fused-ring (bicyclic) bond motifs is 1. The van der Waals surface area contributed by atoms with Crippen LogP contribution in [-0.2, 0) is 0 Å². The summed E-state index contributed by atoms with van der Waals surface area (Å²) in [5.74, 6) is 1.49. The Morgan fingerprint density at radius 2 is 1.81 bits per heavy atom. The van der Waals surface area contributed by atoms with Gasteiger partial charge in [0.2, 0.25) is 6.79 Å². The van der Waals surface area contributed by atoms with Crippen molar-refractivity contribution in [1.82, 2.24) is 9.80 Å². The predicted octanol–water partition coefficient (Wildman–Crippen LogP) is 1.47. The quantitative estimate of drug-likeness (QED) is 0.910. The second kappa shape index (κ2) is 6.22. The summed E-state index contributed by atoms with van der Waals surface area (Å²) >= 11 is 0. The van der Waals surface area contributed by atoms with Gasteiger partial charge < -0.3 is 14.6 Å². The van der Waals surface area contributed by atoms with E-state index < -0.39 is 6.10 Å². The Morgan fingerprint density at radius 1 is 1.10 bits per heavy atom. The van der Waals surface area contributed by atoms with Crippen LogP contribution in [0.4, 0.5) is 0 Å². The van der Waals surface area contributed by atoms with E-state index in [4.69, 9.17) is 9.47 Å². The van der Waals surface area contributed by atoms with Crippen LogP contribution in [0.25, 0.3) is 0 Å². The largest absolute Gasteiger partial charge is 0.454 e. The van der Waals surface area contributed by atoms with Crippen molar-refractivity contribution in [2.75, 3.05) is 39.5 Å². The number of piperazine rings is 1. The fourth-order valence-corrected chi connectivity index (χ4v) is 2.93. The highest BCUT2D eigenvalue weighted by molar-refractivity contribution is 5.45. The highest BCUT2D eigenvalue weighted by atomic mass is 16.7. The van der Waals surface area contributed by atoms with Gasteiger partial charge in [-0.15, -0.1) is 0 Å². The van der Waals surface area contributed by atoms with E-state index in [9.17, 15) is 5.11 Å². The molecule has 0 saturated carbocycles. The Balaban J connectivity index is 1.56.